The van der Waals surface area contributed by atoms with Gasteiger partial charge in [-0.1, -0.05) is 6.92 Å². The molecule has 0 atom stereocenters. The highest BCUT2D eigenvalue weighted by atomic mass is 15.3. The highest BCUT2D eigenvalue weighted by Gasteiger charge is 1.98. The molecule has 10 heavy (non-hydrogen) atoms. The fraction of sp³-hybridized carbons (Fsp3) is 0.625. The van der Waals surface area contributed by atoms with E-state index in [0.29, 0.717) is 6.04 Å². The van der Waals surface area contributed by atoms with E-state index in [1.165, 1.54) is 5.56 Å². The van der Waals surface area contributed by atoms with Crippen molar-refractivity contribution in [3.05, 3.63) is 18.0 Å². The molecule has 0 N–H and O–H groups in total. The van der Waals surface area contributed by atoms with Crippen molar-refractivity contribution in [3.63, 3.8) is 0 Å². The Morgan fingerprint density at radius 3 is 2.70 bits per heavy atom. The predicted octanol–water partition coefficient (Wildman–Crippen LogP) is 1.83. The van der Waals surface area contributed by atoms with Gasteiger partial charge in [0.2, 0.25) is 0 Å². The summed E-state index contributed by atoms with van der Waals surface area (Å²) in [6.45, 7) is 6.33. The molecule has 0 fully saturated rings. The van der Waals surface area contributed by atoms with Crippen molar-refractivity contribution in [1.29, 1.82) is 0 Å². The van der Waals surface area contributed by atoms with E-state index in [1.807, 2.05) is 10.9 Å². The highest BCUT2D eigenvalue weighted by molar-refractivity contribution is 5.01. The summed E-state index contributed by atoms with van der Waals surface area (Å²) in [6.07, 6.45) is 6.02. The molecular formula is C8H13N2. The molecule has 2 nitrogen and oxygen atoms in total. The van der Waals surface area contributed by atoms with Gasteiger partial charge in [0.1, 0.15) is 6.20 Å². The summed E-state index contributed by atoms with van der Waals surface area (Å²) in [5.41, 5.74) is 1.19. The maximum absolute atomic E-state index is 4.08. The zero-order chi connectivity index (χ0) is 7.56. The van der Waals surface area contributed by atoms with Gasteiger partial charge in [0, 0.05) is 12.2 Å². The SMILES string of the molecule is CCc1[c]nn(C(C)C)c1. The largest absolute Gasteiger partial charge is 0.269 e. The minimum Gasteiger partial charge on any atom is -0.269 e. The minimum atomic E-state index is 0.455. The molecule has 0 spiro atoms. The van der Waals surface area contributed by atoms with E-state index in [2.05, 4.69) is 32.1 Å². The van der Waals surface area contributed by atoms with E-state index in [9.17, 15) is 0 Å². The van der Waals surface area contributed by atoms with Gasteiger partial charge >= 0.3 is 0 Å². The van der Waals surface area contributed by atoms with E-state index < -0.39 is 0 Å². The van der Waals surface area contributed by atoms with E-state index in [1.54, 1.807) is 0 Å². The van der Waals surface area contributed by atoms with Gasteiger partial charge in [0.15, 0.2) is 0 Å². The Bertz CT molecular complexity index is 201. The Balaban J connectivity index is 2.78. The molecule has 1 heterocycles. The van der Waals surface area contributed by atoms with Crippen molar-refractivity contribution >= 4 is 0 Å². The monoisotopic (exact) mass is 137 g/mol. The molecule has 0 aliphatic rings. The second-order valence-corrected chi connectivity index (χ2v) is 2.69. The van der Waals surface area contributed by atoms with Gasteiger partial charge in [0.05, 0.1) is 0 Å². The molecule has 1 rings (SSSR count). The van der Waals surface area contributed by atoms with Crippen LogP contribution in [0.4, 0.5) is 0 Å². The summed E-state index contributed by atoms with van der Waals surface area (Å²) in [7, 11) is 0. The van der Waals surface area contributed by atoms with Gasteiger partial charge < -0.3 is 0 Å². The van der Waals surface area contributed by atoms with Crippen LogP contribution in [0.3, 0.4) is 0 Å². The zero-order valence-corrected chi connectivity index (χ0v) is 6.76. The summed E-state index contributed by atoms with van der Waals surface area (Å²) in [5.74, 6) is 0. The molecule has 0 saturated heterocycles. The number of hydrogen-bond donors (Lipinski definition) is 0. The van der Waals surface area contributed by atoms with Gasteiger partial charge in [-0.05, 0) is 25.8 Å². The smallest absolute Gasteiger partial charge is 0.116 e. The Morgan fingerprint density at radius 2 is 2.40 bits per heavy atom. The molecule has 0 saturated carbocycles. The molecule has 0 unspecified atom stereocenters. The number of rotatable bonds is 2. The first-order valence-corrected chi connectivity index (χ1v) is 3.69. The average molecular weight is 137 g/mol. The van der Waals surface area contributed by atoms with Crippen LogP contribution in [0.15, 0.2) is 6.20 Å². The second kappa shape index (κ2) is 2.86. The van der Waals surface area contributed by atoms with Crippen molar-refractivity contribution in [2.24, 2.45) is 0 Å². The number of hydrogen-bond acceptors (Lipinski definition) is 1. The molecule has 1 aromatic rings. The highest BCUT2D eigenvalue weighted by Crippen LogP contribution is 2.04. The third-order valence-corrected chi connectivity index (χ3v) is 1.51. The fourth-order valence-electron chi connectivity index (χ4n) is 0.774. The van der Waals surface area contributed by atoms with Crippen molar-refractivity contribution < 1.29 is 0 Å². The van der Waals surface area contributed by atoms with Gasteiger partial charge in [-0.15, -0.1) is 0 Å². The van der Waals surface area contributed by atoms with Crippen molar-refractivity contribution in [2.45, 2.75) is 33.2 Å². The summed E-state index contributed by atoms with van der Waals surface area (Å²) in [4.78, 5) is 0. The summed E-state index contributed by atoms with van der Waals surface area (Å²) < 4.78 is 1.93. The van der Waals surface area contributed by atoms with Crippen LogP contribution in [0.25, 0.3) is 0 Å². The standard InChI is InChI=1S/C8H13N2/c1-4-8-5-9-10(6-8)7(2)3/h6-7H,4H2,1-3H3. The van der Waals surface area contributed by atoms with Crippen LogP contribution < -0.4 is 0 Å². The van der Waals surface area contributed by atoms with Crippen LogP contribution in [-0.4, -0.2) is 9.78 Å². The van der Waals surface area contributed by atoms with E-state index in [0.717, 1.165) is 6.42 Å². The Kier molecular flexibility index (Phi) is 2.10. The van der Waals surface area contributed by atoms with Gasteiger partial charge in [-0.3, -0.25) is 4.68 Å². The fourth-order valence-corrected chi connectivity index (χ4v) is 0.774. The molecule has 2 heteroatoms. The second-order valence-electron chi connectivity index (χ2n) is 2.69. The maximum atomic E-state index is 4.08. The Hall–Kier alpha value is -0.790. The first kappa shape index (κ1) is 7.32. The molecule has 55 valence electrons. The van der Waals surface area contributed by atoms with Crippen LogP contribution >= 0.6 is 0 Å². The van der Waals surface area contributed by atoms with Gasteiger partial charge in [-0.25, -0.2) is 0 Å². The molecular weight excluding hydrogens is 124 g/mol. The quantitative estimate of drug-likeness (QED) is 0.608. The van der Waals surface area contributed by atoms with Gasteiger partial charge in [0.25, 0.3) is 0 Å². The van der Waals surface area contributed by atoms with Crippen molar-refractivity contribution in [3.8, 4) is 0 Å². The molecule has 0 amide bonds. The first-order valence-electron chi connectivity index (χ1n) is 3.69. The lowest BCUT2D eigenvalue weighted by molar-refractivity contribution is 0.531. The molecule has 0 aliphatic heterocycles. The molecule has 0 aromatic carbocycles. The minimum absolute atomic E-state index is 0.455. The molecule has 1 aromatic heterocycles. The topological polar surface area (TPSA) is 17.8 Å². The van der Waals surface area contributed by atoms with Crippen LogP contribution in [0.5, 0.6) is 0 Å². The Morgan fingerprint density at radius 1 is 1.70 bits per heavy atom. The van der Waals surface area contributed by atoms with Crippen molar-refractivity contribution in [1.82, 2.24) is 9.78 Å². The van der Waals surface area contributed by atoms with Gasteiger partial charge in [-0.2, -0.15) is 5.10 Å². The normalized spacial score (nSPS) is 10.8. The number of aromatic nitrogens is 2. The lowest BCUT2D eigenvalue weighted by Crippen LogP contribution is -1.99. The maximum Gasteiger partial charge on any atom is 0.116 e. The Labute approximate surface area is 61.9 Å². The van der Waals surface area contributed by atoms with Crippen molar-refractivity contribution in [2.75, 3.05) is 0 Å². The lowest BCUT2D eigenvalue weighted by Gasteiger charge is -2.02. The summed E-state index contributed by atoms with van der Waals surface area (Å²) in [5, 5.41) is 4.08. The summed E-state index contributed by atoms with van der Waals surface area (Å²) in [6, 6.07) is 0.455. The van der Waals surface area contributed by atoms with E-state index in [4.69, 9.17) is 0 Å². The van der Waals surface area contributed by atoms with Crippen LogP contribution in [0.2, 0.25) is 0 Å². The number of aryl methyl sites for hydroxylation is 1. The molecule has 0 bridgehead atoms. The molecule has 1 radical (unpaired) electrons. The third kappa shape index (κ3) is 1.38. The first-order chi connectivity index (χ1) is 4.74. The van der Waals surface area contributed by atoms with E-state index in [-0.39, 0.29) is 0 Å². The van der Waals surface area contributed by atoms with Crippen LogP contribution in [0.1, 0.15) is 32.4 Å². The average Bonchev–Trinajstić information content (AvgIpc) is 2.34. The van der Waals surface area contributed by atoms with Crippen LogP contribution in [-0.2, 0) is 6.42 Å². The van der Waals surface area contributed by atoms with E-state index >= 15 is 0 Å². The predicted molar refractivity (Wildman–Crippen MR) is 40.8 cm³/mol. The molecule has 0 aliphatic carbocycles. The number of nitrogens with zero attached hydrogens (tertiary/aromatic N) is 2. The summed E-state index contributed by atoms with van der Waals surface area (Å²) >= 11 is 0. The van der Waals surface area contributed by atoms with Crippen LogP contribution in [0, 0.1) is 6.20 Å². The third-order valence-electron chi connectivity index (χ3n) is 1.51. The zero-order valence-electron chi connectivity index (χ0n) is 6.76. The lowest BCUT2D eigenvalue weighted by atomic mass is 10.3.